The van der Waals surface area contributed by atoms with E-state index in [0.717, 1.165) is 0 Å². The zero-order chi connectivity index (χ0) is 8.10. The van der Waals surface area contributed by atoms with Crippen molar-refractivity contribution in [1.82, 2.24) is 0 Å². The lowest BCUT2D eigenvalue weighted by Crippen LogP contribution is -1.76. The minimum atomic E-state index is 0. The van der Waals surface area contributed by atoms with Crippen LogP contribution in [0.2, 0.25) is 0 Å². The van der Waals surface area contributed by atoms with Crippen LogP contribution in [0.5, 0.6) is 0 Å². The van der Waals surface area contributed by atoms with Gasteiger partial charge in [-0.25, -0.2) is 0 Å². The van der Waals surface area contributed by atoms with Gasteiger partial charge in [0.2, 0.25) is 0 Å². The van der Waals surface area contributed by atoms with Gasteiger partial charge in [0.25, 0.3) is 0 Å². The summed E-state index contributed by atoms with van der Waals surface area (Å²) in [6, 6.07) is 8.19. The smallest absolute Gasteiger partial charge is 0.0188 e. The molecule has 0 aliphatic heterocycles. The van der Waals surface area contributed by atoms with Crippen LogP contribution in [-0.4, -0.2) is 0 Å². The van der Waals surface area contributed by atoms with Crippen molar-refractivity contribution < 1.29 is 0 Å². The first-order chi connectivity index (χ1) is 5.38. The van der Waals surface area contributed by atoms with E-state index >= 15 is 0 Å². The van der Waals surface area contributed by atoms with Crippen LogP contribution in [0.4, 0.5) is 0 Å². The topological polar surface area (TPSA) is 0 Å². The molecular formula is C12H16. The maximum Gasteiger partial charge on any atom is -0.0188 e. The molecule has 0 N–H and O–H groups in total. The van der Waals surface area contributed by atoms with E-state index in [0.29, 0.717) is 0 Å². The molecule has 0 amide bonds. The van der Waals surface area contributed by atoms with Crippen molar-refractivity contribution in [1.29, 1.82) is 0 Å². The van der Waals surface area contributed by atoms with Gasteiger partial charge < -0.3 is 0 Å². The Bertz CT molecular complexity index is 269. The fourth-order valence-electron chi connectivity index (χ4n) is 1.03. The summed E-state index contributed by atoms with van der Waals surface area (Å²) in [7, 11) is 0. The second kappa shape index (κ2) is 5.36. The van der Waals surface area contributed by atoms with Gasteiger partial charge in [-0.2, -0.15) is 0 Å². The van der Waals surface area contributed by atoms with Crippen LogP contribution in [0.1, 0.15) is 25.5 Å². The van der Waals surface area contributed by atoms with Crippen LogP contribution in [-0.2, 0) is 0 Å². The Morgan fingerprint density at radius 2 is 1.75 bits per heavy atom. The number of rotatable bonds is 2. The third-order valence-electron chi connectivity index (χ3n) is 1.56. The molecule has 0 spiro atoms. The molecule has 0 aromatic heterocycles. The van der Waals surface area contributed by atoms with E-state index in [-0.39, 0.29) is 7.43 Å². The Balaban J connectivity index is 0.00000121. The van der Waals surface area contributed by atoms with Crippen molar-refractivity contribution in [2.75, 3.05) is 0 Å². The minimum Gasteiger partial charge on any atom is -0.0984 e. The average molecular weight is 160 g/mol. The van der Waals surface area contributed by atoms with Gasteiger partial charge in [-0.05, 0) is 18.1 Å². The van der Waals surface area contributed by atoms with Crippen LogP contribution >= 0.6 is 0 Å². The summed E-state index contributed by atoms with van der Waals surface area (Å²) in [4.78, 5) is 0. The maximum absolute atomic E-state index is 3.74. The number of hydrogen-bond acceptors (Lipinski definition) is 0. The lowest BCUT2D eigenvalue weighted by atomic mass is 10.1. The van der Waals surface area contributed by atoms with Crippen molar-refractivity contribution in [3.63, 3.8) is 0 Å². The highest BCUT2D eigenvalue weighted by molar-refractivity contribution is 5.63. The zero-order valence-electron chi connectivity index (χ0n) is 6.75. The second-order valence-corrected chi connectivity index (χ2v) is 2.33. The molecule has 0 atom stereocenters. The lowest BCUT2D eigenvalue weighted by Gasteiger charge is -1.97. The molecule has 0 radical (unpaired) electrons. The Morgan fingerprint density at radius 1 is 1.17 bits per heavy atom. The van der Waals surface area contributed by atoms with Crippen LogP contribution in [0.15, 0.2) is 36.9 Å². The van der Waals surface area contributed by atoms with E-state index in [4.69, 9.17) is 0 Å². The largest absolute Gasteiger partial charge is 0.0984 e. The Morgan fingerprint density at radius 3 is 2.25 bits per heavy atom. The molecule has 64 valence electrons. The molecule has 0 fully saturated rings. The third-order valence-corrected chi connectivity index (χ3v) is 1.56. The van der Waals surface area contributed by atoms with Crippen molar-refractivity contribution in [3.8, 4) is 0 Å². The monoisotopic (exact) mass is 160 g/mol. The summed E-state index contributed by atoms with van der Waals surface area (Å²) in [5.74, 6) is 0. The van der Waals surface area contributed by atoms with Crippen molar-refractivity contribution in [2.45, 2.75) is 14.4 Å². The zero-order valence-corrected chi connectivity index (χ0v) is 6.75. The van der Waals surface area contributed by atoms with Gasteiger partial charge in [0.15, 0.2) is 0 Å². The molecule has 0 bridgehead atoms. The van der Waals surface area contributed by atoms with Crippen molar-refractivity contribution >= 4 is 12.2 Å². The van der Waals surface area contributed by atoms with Crippen LogP contribution in [0.3, 0.4) is 0 Å². The van der Waals surface area contributed by atoms with E-state index in [9.17, 15) is 0 Å². The van der Waals surface area contributed by atoms with E-state index < -0.39 is 0 Å². The van der Waals surface area contributed by atoms with Crippen molar-refractivity contribution in [2.24, 2.45) is 0 Å². The Hall–Kier alpha value is -1.30. The molecule has 1 aromatic carbocycles. The molecule has 0 unspecified atom stereocenters. The van der Waals surface area contributed by atoms with Gasteiger partial charge in [-0.1, -0.05) is 56.5 Å². The van der Waals surface area contributed by atoms with Crippen LogP contribution < -0.4 is 0 Å². The van der Waals surface area contributed by atoms with Crippen molar-refractivity contribution in [3.05, 3.63) is 48.0 Å². The molecule has 0 heteroatoms. The summed E-state index contributed by atoms with van der Waals surface area (Å²) < 4.78 is 0. The van der Waals surface area contributed by atoms with Gasteiger partial charge in [-0.15, -0.1) is 0 Å². The maximum atomic E-state index is 3.74. The van der Waals surface area contributed by atoms with Gasteiger partial charge in [0, 0.05) is 0 Å². The molecule has 1 aromatic rings. The second-order valence-electron chi connectivity index (χ2n) is 2.33. The first-order valence-electron chi connectivity index (χ1n) is 3.72. The first kappa shape index (κ1) is 10.7. The molecule has 0 saturated carbocycles. The van der Waals surface area contributed by atoms with E-state index in [1.807, 2.05) is 31.2 Å². The predicted octanol–water partition coefficient (Wildman–Crippen LogP) is 4.00. The summed E-state index contributed by atoms with van der Waals surface area (Å²) in [5.41, 5.74) is 2.41. The summed E-state index contributed by atoms with van der Waals surface area (Å²) in [6.07, 6.45) is 5.98. The normalized spacial score (nSPS) is 9.42. The van der Waals surface area contributed by atoms with Gasteiger partial charge in [0.1, 0.15) is 0 Å². The standard InChI is InChI=1S/C11H12.CH4/c1-3-7-11-9-6-5-8-10(11)4-2;/h3-9H,2H2,1H3;1H4/b7-3-;. The molecule has 0 saturated heterocycles. The van der Waals surface area contributed by atoms with Gasteiger partial charge in [0.05, 0.1) is 0 Å². The molecule has 0 aliphatic carbocycles. The average Bonchev–Trinajstić information content (AvgIpc) is 2.06. The SMILES string of the molecule is C.C=Cc1ccccc1/C=C\C. The highest BCUT2D eigenvalue weighted by Crippen LogP contribution is 2.11. The minimum absolute atomic E-state index is 0. The van der Waals surface area contributed by atoms with Gasteiger partial charge in [-0.3, -0.25) is 0 Å². The fourth-order valence-corrected chi connectivity index (χ4v) is 1.03. The highest BCUT2D eigenvalue weighted by atomic mass is 13.9. The fraction of sp³-hybridized carbons (Fsp3) is 0.167. The number of benzene rings is 1. The molecule has 0 aliphatic rings. The summed E-state index contributed by atoms with van der Waals surface area (Å²) in [5, 5.41) is 0. The van der Waals surface area contributed by atoms with Gasteiger partial charge >= 0.3 is 0 Å². The Kier molecular flexibility index (Phi) is 4.78. The first-order valence-corrected chi connectivity index (χ1v) is 3.72. The third kappa shape index (κ3) is 2.39. The van der Waals surface area contributed by atoms with Crippen LogP contribution in [0, 0.1) is 0 Å². The molecule has 12 heavy (non-hydrogen) atoms. The van der Waals surface area contributed by atoms with E-state index in [1.165, 1.54) is 11.1 Å². The quantitative estimate of drug-likeness (QED) is 0.613. The molecule has 0 nitrogen and oxygen atoms in total. The number of allylic oxidation sites excluding steroid dienone is 1. The Labute approximate surface area is 75.2 Å². The molecule has 0 heterocycles. The highest BCUT2D eigenvalue weighted by Gasteiger charge is 1.90. The molecular weight excluding hydrogens is 144 g/mol. The number of hydrogen-bond donors (Lipinski definition) is 0. The summed E-state index contributed by atoms with van der Waals surface area (Å²) in [6.45, 7) is 5.75. The predicted molar refractivity (Wildman–Crippen MR) is 58.0 cm³/mol. The van der Waals surface area contributed by atoms with E-state index in [1.54, 1.807) is 0 Å². The molecule has 1 rings (SSSR count). The van der Waals surface area contributed by atoms with E-state index in [2.05, 4.69) is 24.8 Å². The summed E-state index contributed by atoms with van der Waals surface area (Å²) >= 11 is 0. The lowest BCUT2D eigenvalue weighted by molar-refractivity contribution is 1.60. The van der Waals surface area contributed by atoms with Crippen LogP contribution in [0.25, 0.3) is 12.2 Å².